The number of amides is 3. The van der Waals surface area contributed by atoms with E-state index in [-0.39, 0.29) is 18.1 Å². The Morgan fingerprint density at radius 1 is 1.32 bits per heavy atom. The highest BCUT2D eigenvalue weighted by Gasteiger charge is 2.26. The van der Waals surface area contributed by atoms with Gasteiger partial charge in [-0.2, -0.15) is 0 Å². The van der Waals surface area contributed by atoms with Gasteiger partial charge in [0.25, 0.3) is 0 Å². The fraction of sp³-hybridized carbons (Fsp3) is 0.833. The van der Waals surface area contributed by atoms with E-state index in [1.54, 1.807) is 0 Å². The fourth-order valence-electron chi connectivity index (χ4n) is 2.05. The minimum absolute atomic E-state index is 0.0738. The third-order valence-electron chi connectivity index (χ3n) is 3.20. The van der Waals surface area contributed by atoms with Crippen LogP contribution >= 0.6 is 0 Å². The molecule has 1 rings (SSSR count). The van der Waals surface area contributed by atoms with E-state index < -0.39 is 6.09 Å². The number of nitrogens with two attached hydrogens (primary N) is 1. The normalized spacial score (nSPS) is 21.7. The van der Waals surface area contributed by atoms with Gasteiger partial charge in [0.15, 0.2) is 0 Å². The van der Waals surface area contributed by atoms with Crippen molar-refractivity contribution in [3.63, 3.8) is 0 Å². The maximum absolute atomic E-state index is 11.1. The molecule has 1 fully saturated rings. The number of nitrogens with zero attached hydrogens (tertiary/aromatic N) is 1. The largest absolute Gasteiger partial charge is 0.448 e. The molecule has 2 atom stereocenters. The Morgan fingerprint density at radius 2 is 2.00 bits per heavy atom. The van der Waals surface area contributed by atoms with Crippen molar-refractivity contribution in [1.82, 2.24) is 15.6 Å². The van der Waals surface area contributed by atoms with Gasteiger partial charge in [-0.3, -0.25) is 0 Å². The van der Waals surface area contributed by atoms with Gasteiger partial charge in [0.2, 0.25) is 0 Å². The summed E-state index contributed by atoms with van der Waals surface area (Å²) in [5, 5.41) is 6.65. The molecule has 110 valence electrons. The zero-order chi connectivity index (χ0) is 14.3. The van der Waals surface area contributed by atoms with E-state index in [0.717, 1.165) is 37.1 Å². The van der Waals surface area contributed by atoms with Gasteiger partial charge in [0, 0.05) is 13.1 Å². The van der Waals surface area contributed by atoms with Crippen molar-refractivity contribution in [2.75, 3.05) is 13.7 Å². The van der Waals surface area contributed by atoms with Crippen LogP contribution in [0.15, 0.2) is 0 Å². The first-order valence-corrected chi connectivity index (χ1v) is 6.73. The number of carbonyl (C=O) groups excluding carboxylic acids is 2. The van der Waals surface area contributed by atoms with Crippen molar-refractivity contribution in [3.05, 3.63) is 0 Å². The van der Waals surface area contributed by atoms with Crippen molar-refractivity contribution in [1.29, 1.82) is 0 Å². The molecule has 1 aliphatic rings. The van der Waals surface area contributed by atoms with Crippen LogP contribution in [0.4, 0.5) is 9.59 Å². The van der Waals surface area contributed by atoms with E-state index in [1.165, 1.54) is 7.05 Å². The highest BCUT2D eigenvalue weighted by Crippen LogP contribution is 2.11. The minimum atomic E-state index is -0.506. The second-order valence-corrected chi connectivity index (χ2v) is 4.94. The highest BCUT2D eigenvalue weighted by molar-refractivity contribution is 5.77. The summed E-state index contributed by atoms with van der Waals surface area (Å²) >= 11 is 0. The Balaban J connectivity index is 1.94. The molecule has 4 N–H and O–H groups in total. The fourth-order valence-corrected chi connectivity index (χ4v) is 2.05. The molecule has 0 aromatic heterocycles. The summed E-state index contributed by atoms with van der Waals surface area (Å²) in [6.45, 7) is 2.41. The molecule has 1 heterocycles. The van der Waals surface area contributed by atoms with E-state index in [1.807, 2.05) is 6.92 Å². The number of unbranched alkanes of at least 4 members (excludes halogenated alkanes) is 3. The molecule has 0 spiro atoms. The Labute approximate surface area is 113 Å². The summed E-state index contributed by atoms with van der Waals surface area (Å²) in [6, 6.07) is 0.361. The lowest BCUT2D eigenvalue weighted by Crippen LogP contribution is -2.33. The highest BCUT2D eigenvalue weighted by atomic mass is 16.6. The quantitative estimate of drug-likeness (QED) is 0.278. The van der Waals surface area contributed by atoms with E-state index in [2.05, 4.69) is 10.6 Å². The van der Waals surface area contributed by atoms with Crippen molar-refractivity contribution >= 4 is 12.1 Å². The predicted octanol–water partition coefficient (Wildman–Crippen LogP) is 0.949. The summed E-state index contributed by atoms with van der Waals surface area (Å²) < 4.78 is 4.91. The SMILES string of the molecule is C[C@@H]1NC(=O)N[C@@H]1CCCCCCOC(=O)N(C)N. The second-order valence-electron chi connectivity index (χ2n) is 4.94. The zero-order valence-corrected chi connectivity index (χ0v) is 11.6. The van der Waals surface area contributed by atoms with Crippen LogP contribution in [-0.2, 0) is 4.74 Å². The maximum Gasteiger partial charge on any atom is 0.423 e. The van der Waals surface area contributed by atoms with Gasteiger partial charge in [-0.15, -0.1) is 0 Å². The molecule has 3 amide bonds. The number of carbonyl (C=O) groups is 2. The van der Waals surface area contributed by atoms with E-state index in [9.17, 15) is 9.59 Å². The molecule has 0 aliphatic carbocycles. The molecule has 0 radical (unpaired) electrons. The number of nitrogens with one attached hydrogen (secondary N) is 2. The van der Waals surface area contributed by atoms with Crippen molar-refractivity contribution in [2.24, 2.45) is 5.84 Å². The average Bonchev–Trinajstić information content (AvgIpc) is 2.66. The first-order valence-electron chi connectivity index (χ1n) is 6.73. The molecule has 0 aromatic rings. The summed E-state index contributed by atoms with van der Waals surface area (Å²) in [5.41, 5.74) is 0. The van der Waals surface area contributed by atoms with Crippen molar-refractivity contribution in [3.8, 4) is 0 Å². The van der Waals surface area contributed by atoms with Crippen molar-refractivity contribution in [2.45, 2.75) is 51.1 Å². The van der Waals surface area contributed by atoms with Crippen LogP contribution in [0, 0.1) is 0 Å². The lowest BCUT2D eigenvalue weighted by atomic mass is 10.0. The summed E-state index contributed by atoms with van der Waals surface area (Å²) in [4.78, 5) is 22.1. The summed E-state index contributed by atoms with van der Waals surface area (Å²) in [5.74, 6) is 5.21. The Bertz CT molecular complexity index is 309. The third-order valence-corrected chi connectivity index (χ3v) is 3.20. The van der Waals surface area contributed by atoms with E-state index in [0.29, 0.717) is 6.61 Å². The lowest BCUT2D eigenvalue weighted by molar-refractivity contribution is 0.109. The van der Waals surface area contributed by atoms with Gasteiger partial charge in [0.05, 0.1) is 12.6 Å². The summed E-state index contributed by atoms with van der Waals surface area (Å²) in [6.07, 6.45) is 4.44. The molecular weight excluding hydrogens is 248 g/mol. The molecule has 1 saturated heterocycles. The van der Waals surface area contributed by atoms with Gasteiger partial charge >= 0.3 is 12.1 Å². The lowest BCUT2D eigenvalue weighted by Gasteiger charge is -2.13. The number of hydrogen-bond donors (Lipinski definition) is 3. The number of ether oxygens (including phenoxy) is 1. The van der Waals surface area contributed by atoms with Crippen LogP contribution in [0.25, 0.3) is 0 Å². The zero-order valence-electron chi connectivity index (χ0n) is 11.6. The Hall–Kier alpha value is -1.50. The van der Waals surface area contributed by atoms with Gasteiger partial charge < -0.3 is 15.4 Å². The third kappa shape index (κ3) is 5.78. The first-order chi connectivity index (χ1) is 9.00. The van der Waals surface area contributed by atoms with Crippen LogP contribution in [0.3, 0.4) is 0 Å². The van der Waals surface area contributed by atoms with Crippen LogP contribution in [0.5, 0.6) is 0 Å². The molecular formula is C12H24N4O3. The Morgan fingerprint density at radius 3 is 2.58 bits per heavy atom. The molecule has 0 unspecified atom stereocenters. The van der Waals surface area contributed by atoms with Crippen molar-refractivity contribution < 1.29 is 14.3 Å². The maximum atomic E-state index is 11.1. The van der Waals surface area contributed by atoms with Crippen LogP contribution in [-0.4, -0.2) is 42.9 Å². The molecule has 19 heavy (non-hydrogen) atoms. The molecule has 1 aliphatic heterocycles. The van der Waals surface area contributed by atoms with Gasteiger partial charge in [0.1, 0.15) is 0 Å². The van der Waals surface area contributed by atoms with E-state index >= 15 is 0 Å². The topological polar surface area (TPSA) is 96.7 Å². The monoisotopic (exact) mass is 272 g/mol. The molecule has 7 nitrogen and oxygen atoms in total. The van der Waals surface area contributed by atoms with Crippen LogP contribution < -0.4 is 16.5 Å². The predicted molar refractivity (Wildman–Crippen MR) is 71.3 cm³/mol. The summed E-state index contributed by atoms with van der Waals surface area (Å²) in [7, 11) is 1.45. The van der Waals surface area contributed by atoms with Crippen LogP contribution in [0.1, 0.15) is 39.0 Å². The van der Waals surface area contributed by atoms with Gasteiger partial charge in [-0.1, -0.05) is 19.3 Å². The molecule has 7 heteroatoms. The second kappa shape index (κ2) is 7.83. The Kier molecular flexibility index (Phi) is 6.41. The smallest absolute Gasteiger partial charge is 0.423 e. The molecule has 0 bridgehead atoms. The van der Waals surface area contributed by atoms with Crippen LogP contribution in [0.2, 0.25) is 0 Å². The van der Waals surface area contributed by atoms with Gasteiger partial charge in [-0.25, -0.2) is 20.4 Å². The number of urea groups is 1. The number of hydrogen-bond acceptors (Lipinski definition) is 4. The minimum Gasteiger partial charge on any atom is -0.448 e. The number of rotatable bonds is 7. The molecule has 0 aromatic carbocycles. The first kappa shape index (κ1) is 15.6. The molecule has 0 saturated carbocycles. The standard InChI is InChI=1S/C12H24N4O3/c1-9-10(15-11(17)14-9)7-5-3-4-6-8-19-12(18)16(2)13/h9-10H,3-8,13H2,1-2H3,(H2,14,15,17)/t9-,10+/m0/s1. The average molecular weight is 272 g/mol. The van der Waals surface area contributed by atoms with E-state index in [4.69, 9.17) is 10.6 Å². The number of hydrazine groups is 1. The van der Waals surface area contributed by atoms with Gasteiger partial charge in [-0.05, 0) is 19.8 Å².